The molecule has 1 heterocycles. The maximum absolute atomic E-state index is 12.9. The minimum atomic E-state index is -0.398. The number of allylic oxidation sites excluding steroid dienone is 1. The summed E-state index contributed by atoms with van der Waals surface area (Å²) in [6, 6.07) is 10.9. The largest absolute Gasteiger partial charge is 0.497 e. The van der Waals surface area contributed by atoms with Gasteiger partial charge in [0.1, 0.15) is 17.2 Å². The SMILES string of the molecule is C=CCn1c(=NC(=O)c2cc(OC)ccc2OC)sc2cc(OCC)ccc21. The molecular weight excluding hydrogens is 376 g/mol. The first-order chi connectivity index (χ1) is 13.6. The van der Waals surface area contributed by atoms with Gasteiger partial charge in [-0.3, -0.25) is 4.79 Å². The van der Waals surface area contributed by atoms with Gasteiger partial charge in [0.15, 0.2) is 4.80 Å². The normalized spacial score (nSPS) is 11.5. The fourth-order valence-corrected chi connectivity index (χ4v) is 3.90. The lowest BCUT2D eigenvalue weighted by molar-refractivity contribution is 0.0994. The molecule has 7 heteroatoms. The van der Waals surface area contributed by atoms with Crippen LogP contribution in [0.2, 0.25) is 0 Å². The van der Waals surface area contributed by atoms with Crippen LogP contribution < -0.4 is 19.0 Å². The third-order valence-electron chi connectivity index (χ3n) is 4.11. The first kappa shape index (κ1) is 19.7. The van der Waals surface area contributed by atoms with Gasteiger partial charge in [0.25, 0.3) is 5.91 Å². The van der Waals surface area contributed by atoms with Crippen LogP contribution in [0.3, 0.4) is 0 Å². The Hall–Kier alpha value is -3.06. The average Bonchev–Trinajstić information content (AvgIpc) is 3.04. The average molecular weight is 398 g/mol. The van der Waals surface area contributed by atoms with E-state index in [0.717, 1.165) is 16.0 Å². The summed E-state index contributed by atoms with van der Waals surface area (Å²) in [7, 11) is 3.07. The zero-order valence-corrected chi connectivity index (χ0v) is 16.9. The van der Waals surface area contributed by atoms with Crippen molar-refractivity contribution >= 4 is 27.5 Å². The number of carbonyl (C=O) groups is 1. The third kappa shape index (κ3) is 3.94. The maximum Gasteiger partial charge on any atom is 0.283 e. The second kappa shape index (κ2) is 8.75. The Balaban J connectivity index is 2.13. The molecular formula is C21H22N2O4S. The number of rotatable bonds is 7. The van der Waals surface area contributed by atoms with E-state index in [2.05, 4.69) is 11.6 Å². The minimum Gasteiger partial charge on any atom is -0.497 e. The summed E-state index contributed by atoms with van der Waals surface area (Å²) in [6.45, 7) is 6.88. The molecule has 0 saturated heterocycles. The molecule has 146 valence electrons. The Kier molecular flexibility index (Phi) is 6.16. The molecule has 1 aromatic heterocycles. The number of ether oxygens (including phenoxy) is 3. The van der Waals surface area contributed by atoms with Crippen LogP contribution in [0.4, 0.5) is 0 Å². The first-order valence-corrected chi connectivity index (χ1v) is 9.61. The number of thiazole rings is 1. The lowest BCUT2D eigenvalue weighted by Gasteiger charge is -2.07. The van der Waals surface area contributed by atoms with Crippen molar-refractivity contribution in [2.75, 3.05) is 20.8 Å². The highest BCUT2D eigenvalue weighted by atomic mass is 32.1. The summed E-state index contributed by atoms with van der Waals surface area (Å²) in [5, 5.41) is 0. The molecule has 0 radical (unpaired) electrons. The molecule has 3 aromatic rings. The third-order valence-corrected chi connectivity index (χ3v) is 5.15. The van der Waals surface area contributed by atoms with Crippen LogP contribution in [-0.4, -0.2) is 31.3 Å². The molecule has 0 aliphatic heterocycles. The van der Waals surface area contributed by atoms with Gasteiger partial charge in [-0.1, -0.05) is 17.4 Å². The van der Waals surface area contributed by atoms with Crippen LogP contribution in [-0.2, 0) is 6.54 Å². The molecule has 0 bridgehead atoms. The van der Waals surface area contributed by atoms with Gasteiger partial charge in [-0.25, -0.2) is 0 Å². The van der Waals surface area contributed by atoms with E-state index in [1.165, 1.54) is 18.4 Å². The van der Waals surface area contributed by atoms with Gasteiger partial charge in [0, 0.05) is 6.54 Å². The Morgan fingerprint density at radius 3 is 2.64 bits per heavy atom. The number of nitrogens with zero attached hydrogens (tertiary/aromatic N) is 2. The molecule has 0 aliphatic rings. The summed E-state index contributed by atoms with van der Waals surface area (Å²) < 4.78 is 19.0. The molecule has 0 atom stereocenters. The van der Waals surface area contributed by atoms with Crippen molar-refractivity contribution in [1.29, 1.82) is 0 Å². The van der Waals surface area contributed by atoms with E-state index in [9.17, 15) is 4.79 Å². The molecule has 0 fully saturated rings. The molecule has 2 aromatic carbocycles. The van der Waals surface area contributed by atoms with Gasteiger partial charge < -0.3 is 18.8 Å². The van der Waals surface area contributed by atoms with Crippen LogP contribution >= 0.6 is 11.3 Å². The highest BCUT2D eigenvalue weighted by Gasteiger charge is 2.15. The molecule has 6 nitrogen and oxygen atoms in total. The van der Waals surface area contributed by atoms with Gasteiger partial charge in [-0.15, -0.1) is 6.58 Å². The van der Waals surface area contributed by atoms with Crippen molar-refractivity contribution < 1.29 is 19.0 Å². The van der Waals surface area contributed by atoms with Crippen molar-refractivity contribution in [1.82, 2.24) is 4.57 Å². The quantitative estimate of drug-likeness (QED) is 0.564. The van der Waals surface area contributed by atoms with E-state index in [4.69, 9.17) is 14.2 Å². The molecule has 0 N–H and O–H groups in total. The molecule has 0 spiro atoms. The summed E-state index contributed by atoms with van der Waals surface area (Å²) in [5.41, 5.74) is 1.32. The minimum absolute atomic E-state index is 0.347. The number of aromatic nitrogens is 1. The lowest BCUT2D eigenvalue weighted by Crippen LogP contribution is -2.16. The molecule has 0 aliphatic carbocycles. The van der Waals surface area contributed by atoms with Gasteiger partial charge >= 0.3 is 0 Å². The monoisotopic (exact) mass is 398 g/mol. The zero-order chi connectivity index (χ0) is 20.1. The molecule has 0 unspecified atom stereocenters. The van der Waals surface area contributed by atoms with Gasteiger partial charge in [-0.05, 0) is 43.3 Å². The van der Waals surface area contributed by atoms with Crippen LogP contribution in [0.25, 0.3) is 10.2 Å². The molecule has 1 amide bonds. The van der Waals surface area contributed by atoms with Gasteiger partial charge in [-0.2, -0.15) is 4.99 Å². The van der Waals surface area contributed by atoms with Gasteiger partial charge in [0.2, 0.25) is 0 Å². The highest BCUT2D eigenvalue weighted by Crippen LogP contribution is 2.26. The fraction of sp³-hybridized carbons (Fsp3) is 0.238. The van der Waals surface area contributed by atoms with Crippen LogP contribution in [0.1, 0.15) is 17.3 Å². The molecule has 0 saturated carbocycles. The van der Waals surface area contributed by atoms with Crippen LogP contribution in [0.15, 0.2) is 54.0 Å². The number of hydrogen-bond donors (Lipinski definition) is 0. The zero-order valence-electron chi connectivity index (χ0n) is 16.1. The summed E-state index contributed by atoms with van der Waals surface area (Å²) in [5.74, 6) is 1.40. The number of benzene rings is 2. The van der Waals surface area contributed by atoms with Crippen molar-refractivity contribution in [2.24, 2.45) is 4.99 Å². The fourth-order valence-electron chi connectivity index (χ4n) is 2.83. The number of fused-ring (bicyclic) bond motifs is 1. The lowest BCUT2D eigenvalue weighted by atomic mass is 10.2. The van der Waals surface area contributed by atoms with E-state index in [1.54, 1.807) is 31.4 Å². The molecule has 3 rings (SSSR count). The highest BCUT2D eigenvalue weighted by molar-refractivity contribution is 7.16. The van der Waals surface area contributed by atoms with Crippen molar-refractivity contribution in [3.05, 3.63) is 59.4 Å². The Morgan fingerprint density at radius 2 is 1.96 bits per heavy atom. The standard InChI is InChI=1S/C21H22N2O4S/c1-5-11-23-17-9-7-15(27-6-2)13-19(17)28-21(23)22-20(24)16-12-14(25-3)8-10-18(16)26-4/h5,7-10,12-13H,1,6,11H2,2-4H3. The summed E-state index contributed by atoms with van der Waals surface area (Å²) >= 11 is 1.43. The molecule has 28 heavy (non-hydrogen) atoms. The van der Waals surface area contributed by atoms with Crippen molar-refractivity contribution in [2.45, 2.75) is 13.5 Å². The second-order valence-electron chi connectivity index (χ2n) is 5.83. The van der Waals surface area contributed by atoms with Gasteiger partial charge in [0.05, 0.1) is 36.6 Å². The van der Waals surface area contributed by atoms with E-state index >= 15 is 0 Å². The van der Waals surface area contributed by atoms with E-state index in [1.807, 2.05) is 29.7 Å². The van der Waals surface area contributed by atoms with E-state index < -0.39 is 5.91 Å². The smallest absolute Gasteiger partial charge is 0.283 e. The second-order valence-corrected chi connectivity index (χ2v) is 6.84. The number of hydrogen-bond acceptors (Lipinski definition) is 5. The number of methoxy groups -OCH3 is 2. The van der Waals surface area contributed by atoms with E-state index in [-0.39, 0.29) is 0 Å². The van der Waals surface area contributed by atoms with Crippen LogP contribution in [0.5, 0.6) is 17.2 Å². The van der Waals surface area contributed by atoms with Crippen molar-refractivity contribution in [3.63, 3.8) is 0 Å². The Labute approximate surface area is 167 Å². The Morgan fingerprint density at radius 1 is 1.18 bits per heavy atom. The van der Waals surface area contributed by atoms with Crippen molar-refractivity contribution in [3.8, 4) is 17.2 Å². The predicted octanol–water partition coefficient (Wildman–Crippen LogP) is 4.05. The van der Waals surface area contributed by atoms with Crippen LogP contribution in [0, 0.1) is 0 Å². The number of amides is 1. The van der Waals surface area contributed by atoms with E-state index in [0.29, 0.717) is 35.0 Å². The number of carbonyl (C=O) groups excluding carboxylic acids is 1. The summed E-state index contributed by atoms with van der Waals surface area (Å²) in [6.07, 6.45) is 1.78. The maximum atomic E-state index is 12.9. The first-order valence-electron chi connectivity index (χ1n) is 8.79. The Bertz CT molecular complexity index is 1080. The predicted molar refractivity (Wildman–Crippen MR) is 111 cm³/mol. The topological polar surface area (TPSA) is 62.1 Å². The summed E-state index contributed by atoms with van der Waals surface area (Å²) in [4.78, 5) is 17.9.